The molecule has 10 heteroatoms. The van der Waals surface area contributed by atoms with E-state index in [1.54, 1.807) is 48.5 Å². The Balaban J connectivity index is 1.55. The van der Waals surface area contributed by atoms with Crippen LogP contribution in [0.3, 0.4) is 0 Å². The standard InChI is InChI=1S/C24H22N4O6/c1-33-23(31)17-7-3-15(4-8-17)12-25-21(29)19-11-20(28-14-27-19)22(30)26-13-16-5-9-18(10-6-16)24(32)34-2/h3-11,14H,12-13H2,1-2H3,(H,25,29)(H,26,30). The molecule has 1 heterocycles. The number of nitrogens with zero attached hydrogens (tertiary/aromatic N) is 2. The van der Waals surface area contributed by atoms with E-state index in [0.29, 0.717) is 11.1 Å². The Morgan fingerprint density at radius 2 is 1.06 bits per heavy atom. The van der Waals surface area contributed by atoms with Crippen LogP contribution in [0.1, 0.15) is 52.8 Å². The van der Waals surface area contributed by atoms with Crippen LogP contribution < -0.4 is 10.6 Å². The van der Waals surface area contributed by atoms with E-state index in [1.807, 2.05) is 0 Å². The highest BCUT2D eigenvalue weighted by molar-refractivity contribution is 5.97. The molecule has 2 aromatic carbocycles. The smallest absolute Gasteiger partial charge is 0.337 e. The van der Waals surface area contributed by atoms with Crippen LogP contribution in [-0.2, 0) is 22.6 Å². The minimum absolute atomic E-state index is 0.0359. The minimum Gasteiger partial charge on any atom is -0.465 e. The summed E-state index contributed by atoms with van der Waals surface area (Å²) in [5, 5.41) is 5.41. The molecular weight excluding hydrogens is 440 g/mol. The Bertz CT molecular complexity index is 1100. The first kappa shape index (κ1) is 24.1. The van der Waals surface area contributed by atoms with Crippen LogP contribution in [0.2, 0.25) is 0 Å². The quantitative estimate of drug-likeness (QED) is 0.485. The molecule has 0 atom stereocenters. The summed E-state index contributed by atoms with van der Waals surface area (Å²) in [6.07, 6.45) is 1.14. The van der Waals surface area contributed by atoms with E-state index in [0.717, 1.165) is 17.5 Å². The summed E-state index contributed by atoms with van der Waals surface area (Å²) >= 11 is 0. The average Bonchev–Trinajstić information content (AvgIpc) is 2.90. The van der Waals surface area contributed by atoms with Gasteiger partial charge < -0.3 is 20.1 Å². The number of hydrogen-bond acceptors (Lipinski definition) is 8. The zero-order valence-corrected chi connectivity index (χ0v) is 18.5. The lowest BCUT2D eigenvalue weighted by atomic mass is 10.1. The van der Waals surface area contributed by atoms with Gasteiger partial charge in [0.1, 0.15) is 17.7 Å². The number of nitrogens with one attached hydrogen (secondary N) is 2. The average molecular weight is 462 g/mol. The normalized spacial score (nSPS) is 10.2. The Labute approximate surface area is 195 Å². The molecule has 0 radical (unpaired) electrons. The molecule has 0 aliphatic carbocycles. The molecule has 0 spiro atoms. The van der Waals surface area contributed by atoms with Gasteiger partial charge in [0.05, 0.1) is 25.3 Å². The van der Waals surface area contributed by atoms with Crippen LogP contribution in [-0.4, -0.2) is 47.9 Å². The summed E-state index contributed by atoms with van der Waals surface area (Å²) in [6.45, 7) is 0.404. The molecule has 0 bridgehead atoms. The number of carbonyl (C=O) groups is 4. The van der Waals surface area contributed by atoms with Crippen molar-refractivity contribution in [1.82, 2.24) is 20.6 Å². The zero-order valence-electron chi connectivity index (χ0n) is 18.5. The molecule has 3 aromatic rings. The highest BCUT2D eigenvalue weighted by Crippen LogP contribution is 2.08. The topological polar surface area (TPSA) is 137 Å². The Morgan fingerprint density at radius 1 is 0.676 bits per heavy atom. The maximum atomic E-state index is 12.5. The Morgan fingerprint density at radius 3 is 1.41 bits per heavy atom. The summed E-state index contributed by atoms with van der Waals surface area (Å²) < 4.78 is 9.30. The van der Waals surface area contributed by atoms with Gasteiger partial charge in [0.2, 0.25) is 0 Å². The van der Waals surface area contributed by atoms with Gasteiger partial charge in [-0.3, -0.25) is 9.59 Å². The number of ether oxygens (including phenoxy) is 2. The predicted octanol–water partition coefficient (Wildman–Crippen LogP) is 1.91. The molecule has 0 fully saturated rings. The SMILES string of the molecule is COC(=O)c1ccc(CNC(=O)c2cc(C(=O)NCc3ccc(C(=O)OC)cc3)ncn2)cc1. The van der Waals surface area contributed by atoms with Gasteiger partial charge >= 0.3 is 11.9 Å². The van der Waals surface area contributed by atoms with Crippen LogP contribution in [0.25, 0.3) is 0 Å². The van der Waals surface area contributed by atoms with Crippen molar-refractivity contribution in [2.45, 2.75) is 13.1 Å². The molecule has 0 saturated carbocycles. The van der Waals surface area contributed by atoms with Crippen LogP contribution >= 0.6 is 0 Å². The second-order valence-corrected chi connectivity index (χ2v) is 7.03. The lowest BCUT2D eigenvalue weighted by Crippen LogP contribution is -2.27. The van der Waals surface area contributed by atoms with Crippen LogP contribution in [0, 0.1) is 0 Å². The van der Waals surface area contributed by atoms with Gasteiger partial charge in [0.25, 0.3) is 11.8 Å². The number of carbonyl (C=O) groups excluding carboxylic acids is 4. The maximum Gasteiger partial charge on any atom is 0.337 e. The molecule has 0 saturated heterocycles. The van der Waals surface area contributed by atoms with Crippen LogP contribution in [0.5, 0.6) is 0 Å². The third-order valence-electron chi connectivity index (χ3n) is 4.79. The van der Waals surface area contributed by atoms with Crippen molar-refractivity contribution in [3.63, 3.8) is 0 Å². The van der Waals surface area contributed by atoms with Crippen molar-refractivity contribution in [1.29, 1.82) is 0 Å². The van der Waals surface area contributed by atoms with Gasteiger partial charge in [-0.15, -0.1) is 0 Å². The summed E-state index contributed by atoms with van der Waals surface area (Å²) in [7, 11) is 2.60. The summed E-state index contributed by atoms with van der Waals surface area (Å²) in [5.74, 6) is -1.85. The van der Waals surface area contributed by atoms with E-state index in [4.69, 9.17) is 0 Å². The highest BCUT2D eigenvalue weighted by atomic mass is 16.5. The van der Waals surface area contributed by atoms with Crippen LogP contribution in [0.15, 0.2) is 60.9 Å². The van der Waals surface area contributed by atoms with E-state index < -0.39 is 23.8 Å². The fraction of sp³-hybridized carbons (Fsp3) is 0.167. The lowest BCUT2D eigenvalue weighted by molar-refractivity contribution is 0.0592. The molecule has 0 aliphatic rings. The fourth-order valence-corrected chi connectivity index (χ4v) is 2.90. The summed E-state index contributed by atoms with van der Waals surface area (Å²) in [5.41, 5.74) is 2.42. The Hall–Kier alpha value is -4.60. The molecule has 2 N–H and O–H groups in total. The van der Waals surface area contributed by atoms with Gasteiger partial charge in [-0.25, -0.2) is 19.6 Å². The predicted molar refractivity (Wildman–Crippen MR) is 120 cm³/mol. The first-order chi connectivity index (χ1) is 16.4. The van der Waals surface area contributed by atoms with Gasteiger partial charge in [0.15, 0.2) is 0 Å². The van der Waals surface area contributed by atoms with E-state index in [9.17, 15) is 19.2 Å². The summed E-state index contributed by atoms with van der Waals surface area (Å²) in [4.78, 5) is 55.7. The van der Waals surface area contributed by atoms with E-state index in [1.165, 1.54) is 20.3 Å². The van der Waals surface area contributed by atoms with Crippen molar-refractivity contribution < 1.29 is 28.7 Å². The van der Waals surface area contributed by atoms with Crippen molar-refractivity contribution in [3.8, 4) is 0 Å². The number of benzene rings is 2. The number of methoxy groups -OCH3 is 2. The second kappa shape index (κ2) is 11.3. The molecule has 2 amide bonds. The largest absolute Gasteiger partial charge is 0.465 e. The van der Waals surface area contributed by atoms with Crippen molar-refractivity contribution in [2.24, 2.45) is 0 Å². The van der Waals surface area contributed by atoms with Crippen molar-refractivity contribution in [3.05, 3.63) is 94.6 Å². The summed E-state index contributed by atoms with van der Waals surface area (Å²) in [6, 6.07) is 14.5. The van der Waals surface area contributed by atoms with E-state index >= 15 is 0 Å². The number of amides is 2. The zero-order chi connectivity index (χ0) is 24.5. The number of hydrogen-bond donors (Lipinski definition) is 2. The minimum atomic E-state index is -0.480. The third kappa shape index (κ3) is 6.22. The first-order valence-electron chi connectivity index (χ1n) is 10.1. The molecule has 0 aliphatic heterocycles. The molecule has 0 unspecified atom stereocenters. The lowest BCUT2D eigenvalue weighted by Gasteiger charge is -2.08. The maximum absolute atomic E-state index is 12.5. The second-order valence-electron chi connectivity index (χ2n) is 7.03. The molecule has 3 rings (SSSR count). The molecule has 1 aromatic heterocycles. The molecule has 174 valence electrons. The third-order valence-corrected chi connectivity index (χ3v) is 4.79. The molecule has 10 nitrogen and oxygen atoms in total. The Kier molecular flexibility index (Phi) is 8.01. The first-order valence-corrected chi connectivity index (χ1v) is 10.1. The van der Waals surface area contributed by atoms with Gasteiger partial charge in [-0.1, -0.05) is 24.3 Å². The molecular formula is C24H22N4O6. The van der Waals surface area contributed by atoms with Crippen molar-refractivity contribution in [2.75, 3.05) is 14.2 Å². The molecule has 34 heavy (non-hydrogen) atoms. The van der Waals surface area contributed by atoms with Gasteiger partial charge in [-0.2, -0.15) is 0 Å². The number of esters is 2. The fourth-order valence-electron chi connectivity index (χ4n) is 2.90. The van der Waals surface area contributed by atoms with Crippen molar-refractivity contribution >= 4 is 23.8 Å². The number of aromatic nitrogens is 2. The highest BCUT2D eigenvalue weighted by Gasteiger charge is 2.14. The monoisotopic (exact) mass is 462 g/mol. The van der Waals surface area contributed by atoms with Gasteiger partial charge in [-0.05, 0) is 35.4 Å². The van der Waals surface area contributed by atoms with E-state index in [2.05, 4.69) is 30.1 Å². The van der Waals surface area contributed by atoms with E-state index in [-0.39, 0.29) is 24.5 Å². The van der Waals surface area contributed by atoms with Crippen LogP contribution in [0.4, 0.5) is 0 Å². The number of rotatable bonds is 8. The van der Waals surface area contributed by atoms with Gasteiger partial charge in [0, 0.05) is 19.2 Å².